The summed E-state index contributed by atoms with van der Waals surface area (Å²) in [6, 6.07) is 4.34. The lowest BCUT2D eigenvalue weighted by Crippen LogP contribution is -2.39. The number of alkyl halides is 3. The maximum Gasteiger partial charge on any atom is 0.416 e. The van der Waals surface area contributed by atoms with E-state index in [1.165, 1.54) is 17.0 Å². The summed E-state index contributed by atoms with van der Waals surface area (Å²) in [4.78, 5) is 12.7. The molecule has 2 N–H and O–H groups in total. The first-order valence-electron chi connectivity index (χ1n) is 6.64. The Morgan fingerprint density at radius 2 is 1.91 bits per heavy atom. The molecule has 2 heterocycles. The Kier molecular flexibility index (Phi) is 3.31. The minimum atomic E-state index is -4.36. The summed E-state index contributed by atoms with van der Waals surface area (Å²) in [6.45, 7) is 0.833. The molecule has 0 unspecified atom stereocenters. The van der Waals surface area contributed by atoms with Gasteiger partial charge in [-0.25, -0.2) is 9.48 Å². The molecule has 3 rings (SSSR count). The van der Waals surface area contributed by atoms with Gasteiger partial charge in [-0.3, -0.25) is 0 Å². The topological polar surface area (TPSA) is 64.2 Å². The Bertz CT molecular complexity index is 706. The summed E-state index contributed by atoms with van der Waals surface area (Å²) in [7, 11) is 0. The number of aromatic nitrogens is 2. The first-order chi connectivity index (χ1) is 10.4. The van der Waals surface area contributed by atoms with E-state index in [0.717, 1.165) is 23.4 Å². The molecule has 5 nitrogen and oxygen atoms in total. The molecule has 22 heavy (non-hydrogen) atoms. The van der Waals surface area contributed by atoms with Gasteiger partial charge in [-0.1, -0.05) is 0 Å². The van der Waals surface area contributed by atoms with Crippen LogP contribution < -0.4 is 5.73 Å². The summed E-state index contributed by atoms with van der Waals surface area (Å²) in [5.41, 5.74) is 6.85. The Morgan fingerprint density at radius 1 is 1.23 bits per heavy atom. The van der Waals surface area contributed by atoms with E-state index >= 15 is 0 Å². The van der Waals surface area contributed by atoms with E-state index in [1.54, 1.807) is 10.9 Å². The van der Waals surface area contributed by atoms with Gasteiger partial charge in [0.2, 0.25) is 0 Å². The van der Waals surface area contributed by atoms with Crippen molar-refractivity contribution in [3.05, 3.63) is 47.3 Å². The summed E-state index contributed by atoms with van der Waals surface area (Å²) in [5.74, 6) is 0. The average Bonchev–Trinajstić information content (AvgIpc) is 2.89. The first-order valence-corrected chi connectivity index (χ1v) is 6.64. The Morgan fingerprint density at radius 3 is 2.50 bits per heavy atom. The fraction of sp³-hybridized carbons (Fsp3) is 0.286. The van der Waals surface area contributed by atoms with Crippen LogP contribution in [0.5, 0.6) is 0 Å². The number of halogens is 3. The second-order valence-electron chi connectivity index (χ2n) is 5.08. The number of carbonyl (C=O) groups is 1. The lowest BCUT2D eigenvalue weighted by Gasteiger charge is -2.25. The summed E-state index contributed by atoms with van der Waals surface area (Å²) < 4.78 is 39.4. The molecular weight excluding hydrogens is 297 g/mol. The first kappa shape index (κ1) is 14.4. The molecular formula is C14H13F3N4O. The van der Waals surface area contributed by atoms with Crippen molar-refractivity contribution in [2.24, 2.45) is 5.73 Å². The number of benzene rings is 1. The third-order valence-electron chi connectivity index (χ3n) is 3.69. The molecule has 1 aliphatic heterocycles. The Labute approximate surface area is 124 Å². The van der Waals surface area contributed by atoms with E-state index in [4.69, 9.17) is 5.73 Å². The van der Waals surface area contributed by atoms with Crippen molar-refractivity contribution in [1.29, 1.82) is 0 Å². The minimum Gasteiger partial charge on any atom is -0.351 e. The molecule has 0 radical (unpaired) electrons. The summed E-state index contributed by atoms with van der Waals surface area (Å²) in [6.07, 6.45) is -2.19. The molecule has 0 aliphatic carbocycles. The third kappa shape index (κ3) is 2.51. The zero-order chi connectivity index (χ0) is 15.9. The smallest absolute Gasteiger partial charge is 0.351 e. The van der Waals surface area contributed by atoms with Crippen molar-refractivity contribution < 1.29 is 18.0 Å². The second kappa shape index (κ2) is 5.04. The summed E-state index contributed by atoms with van der Waals surface area (Å²) in [5, 5.41) is 4.21. The number of hydrogen-bond donors (Lipinski definition) is 1. The molecule has 2 amide bonds. The lowest BCUT2D eigenvalue weighted by molar-refractivity contribution is -0.137. The fourth-order valence-electron chi connectivity index (χ4n) is 2.53. The largest absolute Gasteiger partial charge is 0.416 e. The van der Waals surface area contributed by atoms with Crippen LogP contribution in [-0.4, -0.2) is 27.3 Å². The van der Waals surface area contributed by atoms with Gasteiger partial charge in [-0.15, -0.1) is 0 Å². The van der Waals surface area contributed by atoms with E-state index in [2.05, 4.69) is 5.10 Å². The molecule has 1 aromatic heterocycles. The Hall–Kier alpha value is -2.51. The van der Waals surface area contributed by atoms with Gasteiger partial charge in [0.05, 0.1) is 29.7 Å². The molecule has 2 aromatic rings. The van der Waals surface area contributed by atoms with Crippen LogP contribution >= 0.6 is 0 Å². The summed E-state index contributed by atoms with van der Waals surface area (Å²) >= 11 is 0. The van der Waals surface area contributed by atoms with Crippen LogP contribution in [0.2, 0.25) is 0 Å². The molecule has 0 bridgehead atoms. The standard InChI is InChI=1S/C14H13F3N4O/c15-14(16,17)10-1-3-11(4-2-10)21-12-5-6-20(13(18)22)8-9(12)7-19-21/h1-4,7H,5-6,8H2,(H2,18,22). The van der Waals surface area contributed by atoms with Crippen LogP contribution in [0.25, 0.3) is 5.69 Å². The zero-order valence-electron chi connectivity index (χ0n) is 11.5. The van der Waals surface area contributed by atoms with Crippen LogP contribution in [0.1, 0.15) is 16.8 Å². The molecule has 8 heteroatoms. The maximum absolute atomic E-state index is 12.6. The number of rotatable bonds is 1. The number of amides is 2. The monoisotopic (exact) mass is 310 g/mol. The van der Waals surface area contributed by atoms with Crippen molar-refractivity contribution in [3.8, 4) is 5.69 Å². The molecule has 0 fully saturated rings. The lowest BCUT2D eigenvalue weighted by atomic mass is 10.1. The molecule has 1 aromatic carbocycles. The quantitative estimate of drug-likeness (QED) is 0.878. The van der Waals surface area contributed by atoms with Gasteiger partial charge in [-0.2, -0.15) is 18.3 Å². The number of primary amides is 1. The number of hydrogen-bond acceptors (Lipinski definition) is 2. The van der Waals surface area contributed by atoms with E-state index in [0.29, 0.717) is 25.2 Å². The molecule has 0 saturated carbocycles. The van der Waals surface area contributed by atoms with Crippen molar-refractivity contribution in [2.75, 3.05) is 6.54 Å². The maximum atomic E-state index is 12.6. The fourth-order valence-corrected chi connectivity index (χ4v) is 2.53. The highest BCUT2D eigenvalue weighted by Gasteiger charge is 2.30. The van der Waals surface area contributed by atoms with Crippen LogP contribution in [0.15, 0.2) is 30.5 Å². The Balaban J connectivity index is 1.90. The van der Waals surface area contributed by atoms with Gasteiger partial charge in [0.25, 0.3) is 0 Å². The van der Waals surface area contributed by atoms with Gasteiger partial charge in [0.15, 0.2) is 0 Å². The van der Waals surface area contributed by atoms with Crippen LogP contribution in [0, 0.1) is 0 Å². The predicted molar refractivity (Wildman–Crippen MR) is 72.3 cm³/mol. The average molecular weight is 310 g/mol. The number of fused-ring (bicyclic) bond motifs is 1. The van der Waals surface area contributed by atoms with Crippen molar-refractivity contribution in [3.63, 3.8) is 0 Å². The molecule has 0 spiro atoms. The van der Waals surface area contributed by atoms with Gasteiger partial charge in [0.1, 0.15) is 0 Å². The van der Waals surface area contributed by atoms with Gasteiger partial charge >= 0.3 is 12.2 Å². The highest BCUT2D eigenvalue weighted by atomic mass is 19.4. The third-order valence-corrected chi connectivity index (χ3v) is 3.69. The highest BCUT2D eigenvalue weighted by Crippen LogP contribution is 2.30. The van der Waals surface area contributed by atoms with Crippen molar-refractivity contribution in [2.45, 2.75) is 19.1 Å². The highest BCUT2D eigenvalue weighted by molar-refractivity contribution is 5.72. The van der Waals surface area contributed by atoms with Crippen molar-refractivity contribution >= 4 is 6.03 Å². The van der Waals surface area contributed by atoms with E-state index in [-0.39, 0.29) is 0 Å². The van der Waals surface area contributed by atoms with Crippen LogP contribution in [0.3, 0.4) is 0 Å². The van der Waals surface area contributed by atoms with E-state index < -0.39 is 17.8 Å². The predicted octanol–water partition coefficient (Wildman–Crippen LogP) is 2.33. The van der Waals surface area contributed by atoms with Crippen LogP contribution in [-0.2, 0) is 19.1 Å². The second-order valence-corrected chi connectivity index (χ2v) is 5.08. The number of carbonyl (C=O) groups excluding carboxylic acids is 1. The SMILES string of the molecule is NC(=O)N1CCc2c(cnn2-c2ccc(C(F)(F)F)cc2)C1. The normalized spacial score (nSPS) is 14.8. The van der Waals surface area contributed by atoms with Gasteiger partial charge in [-0.05, 0) is 24.3 Å². The van der Waals surface area contributed by atoms with E-state index in [9.17, 15) is 18.0 Å². The molecule has 116 valence electrons. The minimum absolute atomic E-state index is 0.366. The molecule has 0 saturated heterocycles. The number of nitrogens with two attached hydrogens (primary N) is 1. The number of nitrogens with zero attached hydrogens (tertiary/aromatic N) is 3. The van der Waals surface area contributed by atoms with Gasteiger partial charge < -0.3 is 10.6 Å². The van der Waals surface area contributed by atoms with Crippen LogP contribution in [0.4, 0.5) is 18.0 Å². The molecule has 0 atom stereocenters. The van der Waals surface area contributed by atoms with E-state index in [1.807, 2.05) is 0 Å². The van der Waals surface area contributed by atoms with Gasteiger partial charge in [0, 0.05) is 18.5 Å². The molecule has 1 aliphatic rings. The number of urea groups is 1. The zero-order valence-corrected chi connectivity index (χ0v) is 11.5. The van der Waals surface area contributed by atoms with Crippen molar-refractivity contribution in [1.82, 2.24) is 14.7 Å².